The normalized spacial score (nSPS) is 13.2. The number of nitrogens with zero attached hydrogens (tertiary/aromatic N) is 2. The van der Waals surface area contributed by atoms with Gasteiger partial charge in [0.25, 0.3) is 0 Å². The first-order valence-electron chi connectivity index (χ1n) is 6.65. The topological polar surface area (TPSA) is 88.2 Å². The minimum absolute atomic E-state index is 0.0323. The summed E-state index contributed by atoms with van der Waals surface area (Å²) in [5, 5.41) is 22.9. The first-order chi connectivity index (χ1) is 9.98. The lowest BCUT2D eigenvalue weighted by molar-refractivity contribution is -0.386. The van der Waals surface area contributed by atoms with Gasteiger partial charge in [0.15, 0.2) is 5.75 Å². The highest BCUT2D eigenvalue weighted by Gasteiger charge is 2.25. The van der Waals surface area contributed by atoms with Gasteiger partial charge in [0.05, 0.1) is 23.7 Å². The van der Waals surface area contributed by atoms with Gasteiger partial charge >= 0.3 is 5.69 Å². The third kappa shape index (κ3) is 4.39. The second-order valence-corrected chi connectivity index (χ2v) is 4.62. The van der Waals surface area contributed by atoms with Crippen molar-refractivity contribution >= 4 is 5.69 Å². The summed E-state index contributed by atoms with van der Waals surface area (Å²) in [6.07, 6.45) is 1.76. The van der Waals surface area contributed by atoms with Gasteiger partial charge in [-0.05, 0) is 38.4 Å². The average molecular weight is 295 g/mol. The van der Waals surface area contributed by atoms with Crippen LogP contribution in [0.2, 0.25) is 0 Å². The Kier molecular flexibility index (Phi) is 6.06. The van der Waals surface area contributed by atoms with Gasteiger partial charge in [-0.1, -0.05) is 6.92 Å². The molecule has 1 unspecified atom stereocenters. The van der Waals surface area contributed by atoms with Crippen molar-refractivity contribution in [1.29, 1.82) is 5.26 Å². The van der Waals surface area contributed by atoms with Crippen LogP contribution in [0.1, 0.15) is 26.2 Å². The number of nitro benzene ring substituents is 1. The van der Waals surface area contributed by atoms with E-state index in [4.69, 9.17) is 10.00 Å². The van der Waals surface area contributed by atoms with E-state index in [0.717, 1.165) is 12.1 Å². The summed E-state index contributed by atoms with van der Waals surface area (Å²) in [7, 11) is 1.72. The molecule has 0 aliphatic rings. The minimum atomic E-state index is -0.683. The molecule has 0 heterocycles. The molecule has 114 valence electrons. The van der Waals surface area contributed by atoms with Crippen LogP contribution in [0, 0.1) is 27.3 Å². The van der Waals surface area contributed by atoms with Crippen molar-refractivity contribution in [2.75, 3.05) is 13.7 Å². The van der Waals surface area contributed by atoms with E-state index < -0.39 is 22.0 Å². The zero-order valence-electron chi connectivity index (χ0n) is 12.1. The number of ether oxygens (including phenoxy) is 1. The zero-order chi connectivity index (χ0) is 15.9. The summed E-state index contributed by atoms with van der Waals surface area (Å²) in [5.41, 5.74) is -1.01. The molecule has 0 aromatic heterocycles. The molecule has 0 radical (unpaired) electrons. The first kappa shape index (κ1) is 16.9. The van der Waals surface area contributed by atoms with E-state index in [1.807, 2.05) is 6.92 Å². The summed E-state index contributed by atoms with van der Waals surface area (Å²) >= 11 is 0. The van der Waals surface area contributed by atoms with Crippen molar-refractivity contribution in [3.8, 4) is 11.8 Å². The lowest BCUT2D eigenvalue weighted by Crippen LogP contribution is -2.41. The number of hydrogen-bond acceptors (Lipinski definition) is 5. The monoisotopic (exact) mass is 295 g/mol. The van der Waals surface area contributed by atoms with E-state index in [9.17, 15) is 14.5 Å². The van der Waals surface area contributed by atoms with Crippen molar-refractivity contribution in [3.05, 3.63) is 34.1 Å². The second-order valence-electron chi connectivity index (χ2n) is 4.62. The van der Waals surface area contributed by atoms with Crippen LogP contribution in [-0.4, -0.2) is 24.1 Å². The molecule has 6 nitrogen and oxygen atoms in total. The zero-order valence-corrected chi connectivity index (χ0v) is 12.1. The van der Waals surface area contributed by atoms with E-state index in [1.54, 1.807) is 7.05 Å². The Labute approximate surface area is 122 Å². The number of nitro groups is 1. The molecular weight excluding hydrogens is 277 g/mol. The molecule has 0 spiro atoms. The molecule has 0 aliphatic carbocycles. The molecule has 0 saturated carbocycles. The van der Waals surface area contributed by atoms with Gasteiger partial charge < -0.3 is 10.1 Å². The lowest BCUT2D eigenvalue weighted by atomic mass is 9.92. The Bertz CT molecular complexity index is 539. The smallest absolute Gasteiger partial charge is 0.313 e. The van der Waals surface area contributed by atoms with Crippen LogP contribution in [0.15, 0.2) is 18.2 Å². The number of benzene rings is 1. The maximum atomic E-state index is 13.0. The predicted octanol–water partition coefficient (Wildman–Crippen LogP) is 2.78. The Morgan fingerprint density at radius 2 is 2.29 bits per heavy atom. The molecular formula is C14H18FN3O3. The van der Waals surface area contributed by atoms with Gasteiger partial charge in [0, 0.05) is 0 Å². The van der Waals surface area contributed by atoms with Crippen LogP contribution in [0.3, 0.4) is 0 Å². The SMILES string of the molecule is CCC(C#N)(CCCOc1ccc(F)cc1[N+](=O)[O-])NC. The van der Waals surface area contributed by atoms with Crippen molar-refractivity contribution in [2.45, 2.75) is 31.7 Å². The Morgan fingerprint density at radius 3 is 2.81 bits per heavy atom. The van der Waals surface area contributed by atoms with Crippen LogP contribution < -0.4 is 10.1 Å². The van der Waals surface area contributed by atoms with Crippen LogP contribution in [0.25, 0.3) is 0 Å². The number of rotatable bonds is 8. The highest BCUT2D eigenvalue weighted by molar-refractivity contribution is 5.46. The summed E-state index contributed by atoms with van der Waals surface area (Å²) in [6.45, 7) is 2.13. The highest BCUT2D eigenvalue weighted by Crippen LogP contribution is 2.27. The number of halogens is 1. The molecule has 0 fully saturated rings. The van der Waals surface area contributed by atoms with Gasteiger partial charge in [-0.15, -0.1) is 0 Å². The fourth-order valence-electron chi connectivity index (χ4n) is 1.98. The van der Waals surface area contributed by atoms with Crippen molar-refractivity contribution in [3.63, 3.8) is 0 Å². The van der Waals surface area contributed by atoms with Crippen molar-refractivity contribution < 1.29 is 14.1 Å². The van der Waals surface area contributed by atoms with Gasteiger partial charge in [-0.25, -0.2) is 4.39 Å². The molecule has 0 amide bonds. The summed E-state index contributed by atoms with van der Waals surface area (Å²) in [5.74, 6) is -0.649. The number of hydrogen-bond donors (Lipinski definition) is 1. The predicted molar refractivity (Wildman–Crippen MR) is 75.5 cm³/mol. The van der Waals surface area contributed by atoms with Crippen LogP contribution in [0.4, 0.5) is 10.1 Å². The molecule has 1 rings (SSSR count). The van der Waals surface area contributed by atoms with Gasteiger partial charge in [0.2, 0.25) is 0 Å². The molecule has 1 N–H and O–H groups in total. The molecule has 7 heteroatoms. The van der Waals surface area contributed by atoms with E-state index in [-0.39, 0.29) is 12.4 Å². The fourth-order valence-corrected chi connectivity index (χ4v) is 1.98. The molecule has 0 bridgehead atoms. The maximum absolute atomic E-state index is 13.0. The third-order valence-corrected chi connectivity index (χ3v) is 3.42. The minimum Gasteiger partial charge on any atom is -0.487 e. The van der Waals surface area contributed by atoms with Crippen LogP contribution in [0.5, 0.6) is 5.75 Å². The fraction of sp³-hybridized carbons (Fsp3) is 0.500. The molecule has 1 atom stereocenters. The summed E-state index contributed by atoms with van der Waals surface area (Å²) < 4.78 is 18.3. The molecule has 0 aliphatic heterocycles. The lowest BCUT2D eigenvalue weighted by Gasteiger charge is -2.24. The third-order valence-electron chi connectivity index (χ3n) is 3.42. The number of nitrogens with one attached hydrogen (secondary N) is 1. The average Bonchev–Trinajstić information content (AvgIpc) is 2.49. The number of nitriles is 1. The molecule has 0 saturated heterocycles. The van der Waals surface area contributed by atoms with Gasteiger partial charge in [0.1, 0.15) is 11.4 Å². The van der Waals surface area contributed by atoms with E-state index in [2.05, 4.69) is 11.4 Å². The van der Waals surface area contributed by atoms with E-state index in [1.165, 1.54) is 6.07 Å². The van der Waals surface area contributed by atoms with Crippen LogP contribution >= 0.6 is 0 Å². The molecule has 21 heavy (non-hydrogen) atoms. The molecule has 1 aromatic rings. The summed E-state index contributed by atoms with van der Waals surface area (Å²) in [6, 6.07) is 5.41. The second kappa shape index (κ2) is 7.55. The van der Waals surface area contributed by atoms with E-state index in [0.29, 0.717) is 19.3 Å². The maximum Gasteiger partial charge on any atom is 0.313 e. The largest absolute Gasteiger partial charge is 0.487 e. The van der Waals surface area contributed by atoms with Gasteiger partial charge in [-0.2, -0.15) is 5.26 Å². The van der Waals surface area contributed by atoms with Crippen molar-refractivity contribution in [2.24, 2.45) is 0 Å². The highest BCUT2D eigenvalue weighted by atomic mass is 19.1. The first-order valence-corrected chi connectivity index (χ1v) is 6.65. The van der Waals surface area contributed by atoms with Crippen LogP contribution in [-0.2, 0) is 0 Å². The summed E-state index contributed by atoms with van der Waals surface area (Å²) in [4.78, 5) is 10.1. The Balaban J connectivity index is 2.61. The van der Waals surface area contributed by atoms with Gasteiger partial charge in [-0.3, -0.25) is 10.1 Å². The molecule has 1 aromatic carbocycles. The van der Waals surface area contributed by atoms with E-state index >= 15 is 0 Å². The standard InChI is InChI=1S/C14H18FN3O3/c1-3-14(10-16,17-2)7-4-8-21-13-6-5-11(15)9-12(13)18(19)20/h5-6,9,17H,3-4,7-8H2,1-2H3. The quantitative estimate of drug-likeness (QED) is 0.452. The Morgan fingerprint density at radius 1 is 1.57 bits per heavy atom. The van der Waals surface area contributed by atoms with Crippen molar-refractivity contribution in [1.82, 2.24) is 5.32 Å². The Hall–Kier alpha value is -2.20.